The number of aryl methyl sites for hydroxylation is 1. The lowest BCUT2D eigenvalue weighted by molar-refractivity contribution is -0.116. The average Bonchev–Trinajstić information content (AvgIpc) is 3.10. The molecule has 5 heteroatoms. The molecule has 0 bridgehead atoms. The molecule has 2 aromatic carbocycles. The number of fused-ring (bicyclic) bond motifs is 2. The van der Waals surface area contributed by atoms with Gasteiger partial charge >= 0.3 is 0 Å². The number of benzene rings is 2. The van der Waals surface area contributed by atoms with Crippen LogP contribution < -0.4 is 20.1 Å². The molecule has 130 valence electrons. The number of hydrogen-bond donors (Lipinski definition) is 2. The molecule has 0 spiro atoms. The lowest BCUT2D eigenvalue weighted by Gasteiger charge is -2.22. The van der Waals surface area contributed by atoms with E-state index in [9.17, 15) is 4.79 Å². The summed E-state index contributed by atoms with van der Waals surface area (Å²) in [6.07, 6.45) is 4.66. The molecule has 2 aliphatic rings. The van der Waals surface area contributed by atoms with Crippen molar-refractivity contribution in [1.82, 2.24) is 0 Å². The molecule has 2 N–H and O–H groups in total. The van der Waals surface area contributed by atoms with Crippen LogP contribution in [-0.4, -0.2) is 18.7 Å². The second-order valence-electron chi connectivity index (χ2n) is 6.57. The van der Waals surface area contributed by atoms with Crippen LogP contribution in [0.5, 0.6) is 11.5 Å². The number of rotatable bonds is 4. The van der Waals surface area contributed by atoms with Gasteiger partial charge < -0.3 is 20.1 Å². The standard InChI is InChI=1S/C20H22N2O3/c1-13(21-17-8-4-6-14-5-2-3-7-16(14)17)20(23)22-15-9-10-18-19(11-15)25-12-24-18/h4,6,8-11,13,21H,2-3,5,7,12H2,1H3,(H,22,23)/t13-/m1/s1. The summed E-state index contributed by atoms with van der Waals surface area (Å²) in [5, 5.41) is 6.31. The van der Waals surface area contributed by atoms with Crippen molar-refractivity contribution in [2.75, 3.05) is 17.4 Å². The highest BCUT2D eigenvalue weighted by molar-refractivity contribution is 5.96. The van der Waals surface area contributed by atoms with Crippen LogP contribution in [-0.2, 0) is 17.6 Å². The van der Waals surface area contributed by atoms with E-state index in [1.165, 1.54) is 24.0 Å². The largest absolute Gasteiger partial charge is 0.454 e. The highest BCUT2D eigenvalue weighted by atomic mass is 16.7. The zero-order valence-corrected chi connectivity index (χ0v) is 14.3. The van der Waals surface area contributed by atoms with Crippen molar-refractivity contribution >= 4 is 17.3 Å². The molecule has 0 fully saturated rings. The van der Waals surface area contributed by atoms with Gasteiger partial charge in [-0.2, -0.15) is 0 Å². The predicted octanol–water partition coefficient (Wildman–Crippen LogP) is 3.73. The SMILES string of the molecule is C[C@@H](Nc1cccc2c1CCCC2)C(=O)Nc1ccc2c(c1)OCO2. The van der Waals surface area contributed by atoms with Gasteiger partial charge in [0.1, 0.15) is 6.04 Å². The summed E-state index contributed by atoms with van der Waals surface area (Å²) in [4.78, 5) is 12.5. The van der Waals surface area contributed by atoms with Gasteiger partial charge in [0.15, 0.2) is 11.5 Å². The molecular formula is C20H22N2O3. The highest BCUT2D eigenvalue weighted by Crippen LogP contribution is 2.34. The van der Waals surface area contributed by atoms with Crippen LogP contribution in [0.4, 0.5) is 11.4 Å². The monoisotopic (exact) mass is 338 g/mol. The van der Waals surface area contributed by atoms with E-state index >= 15 is 0 Å². The number of amides is 1. The van der Waals surface area contributed by atoms with E-state index in [2.05, 4.69) is 28.8 Å². The lowest BCUT2D eigenvalue weighted by Crippen LogP contribution is -2.32. The minimum atomic E-state index is -0.334. The Morgan fingerprint density at radius 2 is 1.92 bits per heavy atom. The fourth-order valence-electron chi connectivity index (χ4n) is 3.44. The van der Waals surface area contributed by atoms with E-state index in [-0.39, 0.29) is 18.7 Å². The Kier molecular flexibility index (Phi) is 4.22. The summed E-state index contributed by atoms with van der Waals surface area (Å²) in [5.74, 6) is 1.29. The van der Waals surface area contributed by atoms with E-state index < -0.39 is 0 Å². The molecule has 1 aliphatic heterocycles. The third-order valence-electron chi connectivity index (χ3n) is 4.80. The van der Waals surface area contributed by atoms with Crippen molar-refractivity contribution in [3.8, 4) is 11.5 Å². The number of hydrogen-bond acceptors (Lipinski definition) is 4. The van der Waals surface area contributed by atoms with Crippen molar-refractivity contribution in [3.05, 3.63) is 47.5 Å². The first-order chi connectivity index (χ1) is 12.2. The van der Waals surface area contributed by atoms with Crippen LogP contribution >= 0.6 is 0 Å². The van der Waals surface area contributed by atoms with Gasteiger partial charge in [0.2, 0.25) is 12.7 Å². The first kappa shape index (κ1) is 15.8. The molecule has 1 aliphatic carbocycles. The molecule has 4 rings (SSSR count). The average molecular weight is 338 g/mol. The summed E-state index contributed by atoms with van der Waals surface area (Å²) >= 11 is 0. The van der Waals surface area contributed by atoms with Gasteiger partial charge in [-0.15, -0.1) is 0 Å². The third kappa shape index (κ3) is 3.27. The maximum absolute atomic E-state index is 12.5. The van der Waals surface area contributed by atoms with Gasteiger partial charge in [-0.05, 0) is 61.9 Å². The number of carbonyl (C=O) groups excluding carboxylic acids is 1. The first-order valence-corrected chi connectivity index (χ1v) is 8.78. The summed E-state index contributed by atoms with van der Waals surface area (Å²) in [7, 11) is 0. The third-order valence-corrected chi connectivity index (χ3v) is 4.80. The Balaban J connectivity index is 1.44. The molecule has 0 saturated carbocycles. The summed E-state index contributed by atoms with van der Waals surface area (Å²) in [6.45, 7) is 2.11. The molecule has 5 nitrogen and oxygen atoms in total. The second-order valence-corrected chi connectivity index (χ2v) is 6.57. The Hall–Kier alpha value is -2.69. The normalized spacial score (nSPS) is 16.0. The molecule has 1 atom stereocenters. The maximum Gasteiger partial charge on any atom is 0.246 e. The Morgan fingerprint density at radius 1 is 1.08 bits per heavy atom. The fraction of sp³-hybridized carbons (Fsp3) is 0.350. The minimum Gasteiger partial charge on any atom is -0.454 e. The lowest BCUT2D eigenvalue weighted by atomic mass is 9.90. The first-order valence-electron chi connectivity index (χ1n) is 8.78. The molecule has 2 aromatic rings. The summed E-state index contributed by atoms with van der Waals surface area (Å²) in [6, 6.07) is 11.4. The molecule has 0 saturated heterocycles. The van der Waals surface area contributed by atoms with Crippen LogP contribution in [0, 0.1) is 0 Å². The van der Waals surface area contributed by atoms with Crippen molar-refractivity contribution < 1.29 is 14.3 Å². The van der Waals surface area contributed by atoms with Gasteiger partial charge in [0.25, 0.3) is 0 Å². The molecule has 25 heavy (non-hydrogen) atoms. The molecule has 0 unspecified atom stereocenters. The van der Waals surface area contributed by atoms with Gasteiger partial charge in [-0.1, -0.05) is 12.1 Å². The Morgan fingerprint density at radius 3 is 2.84 bits per heavy atom. The van der Waals surface area contributed by atoms with Crippen LogP contribution in [0.2, 0.25) is 0 Å². The van der Waals surface area contributed by atoms with Crippen molar-refractivity contribution in [3.63, 3.8) is 0 Å². The molecule has 1 heterocycles. The Labute approximate surface area is 147 Å². The zero-order valence-electron chi connectivity index (χ0n) is 14.3. The van der Waals surface area contributed by atoms with Crippen molar-refractivity contribution in [2.24, 2.45) is 0 Å². The minimum absolute atomic E-state index is 0.0766. The molecule has 1 amide bonds. The van der Waals surface area contributed by atoms with Crippen LogP contribution in [0.15, 0.2) is 36.4 Å². The predicted molar refractivity (Wildman–Crippen MR) is 97.4 cm³/mol. The number of anilines is 2. The van der Waals surface area contributed by atoms with Crippen LogP contribution in [0.1, 0.15) is 30.9 Å². The van der Waals surface area contributed by atoms with Gasteiger partial charge in [0, 0.05) is 17.4 Å². The van der Waals surface area contributed by atoms with E-state index in [1.807, 2.05) is 19.1 Å². The van der Waals surface area contributed by atoms with E-state index in [4.69, 9.17) is 9.47 Å². The van der Waals surface area contributed by atoms with Gasteiger partial charge in [0.05, 0.1) is 0 Å². The highest BCUT2D eigenvalue weighted by Gasteiger charge is 2.19. The number of carbonyl (C=O) groups is 1. The van der Waals surface area contributed by atoms with E-state index in [1.54, 1.807) is 6.07 Å². The van der Waals surface area contributed by atoms with Crippen molar-refractivity contribution in [2.45, 2.75) is 38.6 Å². The number of nitrogens with one attached hydrogen (secondary N) is 2. The topological polar surface area (TPSA) is 59.6 Å². The quantitative estimate of drug-likeness (QED) is 0.892. The maximum atomic E-state index is 12.5. The van der Waals surface area contributed by atoms with E-state index in [0.717, 1.165) is 18.5 Å². The fourth-order valence-corrected chi connectivity index (χ4v) is 3.44. The van der Waals surface area contributed by atoms with E-state index in [0.29, 0.717) is 17.2 Å². The second kappa shape index (κ2) is 6.67. The van der Waals surface area contributed by atoms with Gasteiger partial charge in [-0.3, -0.25) is 4.79 Å². The van der Waals surface area contributed by atoms with Crippen LogP contribution in [0.3, 0.4) is 0 Å². The molecule has 0 radical (unpaired) electrons. The summed E-state index contributed by atoms with van der Waals surface area (Å²) < 4.78 is 10.6. The van der Waals surface area contributed by atoms with Crippen molar-refractivity contribution in [1.29, 1.82) is 0 Å². The summed E-state index contributed by atoms with van der Waals surface area (Å²) in [5.41, 5.74) is 4.54. The molecule has 0 aromatic heterocycles. The molecular weight excluding hydrogens is 316 g/mol. The van der Waals surface area contributed by atoms with Gasteiger partial charge in [-0.25, -0.2) is 0 Å². The number of ether oxygens (including phenoxy) is 2. The smallest absolute Gasteiger partial charge is 0.246 e. The Bertz CT molecular complexity index is 804. The van der Waals surface area contributed by atoms with Crippen LogP contribution in [0.25, 0.3) is 0 Å². The zero-order chi connectivity index (χ0) is 17.2.